The highest BCUT2D eigenvalue weighted by Crippen LogP contribution is 2.25. The Hall–Kier alpha value is -1.96. The Morgan fingerprint density at radius 3 is 2.43 bits per heavy atom. The van der Waals surface area contributed by atoms with Crippen LogP contribution >= 0.6 is 11.6 Å². The number of carbonyl (C=O) groups excluding carboxylic acids is 1. The molecule has 150 valence electrons. The van der Waals surface area contributed by atoms with Crippen molar-refractivity contribution in [1.82, 2.24) is 9.62 Å². The zero-order chi connectivity index (χ0) is 20.3. The average Bonchev–Trinajstić information content (AvgIpc) is 3.22. The fourth-order valence-corrected chi connectivity index (χ4v) is 5.00. The monoisotopic (exact) mass is 424 g/mol. The van der Waals surface area contributed by atoms with Crippen LogP contribution in [0.4, 0.5) is 4.39 Å². The SMILES string of the molecule is CCC(NC(=O)c1ccc(F)c(S(=O)(=O)N2CCCC2)c1)c1ccc(Cl)cc1. The highest BCUT2D eigenvalue weighted by molar-refractivity contribution is 7.89. The lowest BCUT2D eigenvalue weighted by atomic mass is 10.0. The highest BCUT2D eigenvalue weighted by Gasteiger charge is 2.30. The zero-order valence-corrected chi connectivity index (χ0v) is 17.1. The molecule has 1 N–H and O–H groups in total. The van der Waals surface area contributed by atoms with Gasteiger partial charge >= 0.3 is 0 Å². The molecule has 1 unspecified atom stereocenters. The van der Waals surface area contributed by atoms with E-state index in [-0.39, 0.29) is 11.6 Å². The Morgan fingerprint density at radius 2 is 1.82 bits per heavy atom. The van der Waals surface area contributed by atoms with Gasteiger partial charge in [-0.1, -0.05) is 30.7 Å². The van der Waals surface area contributed by atoms with Crippen LogP contribution < -0.4 is 5.32 Å². The first-order chi connectivity index (χ1) is 13.3. The van der Waals surface area contributed by atoms with Crippen LogP contribution in [0.25, 0.3) is 0 Å². The van der Waals surface area contributed by atoms with Crippen LogP contribution in [0, 0.1) is 5.82 Å². The molecular weight excluding hydrogens is 403 g/mol. The van der Waals surface area contributed by atoms with Crippen molar-refractivity contribution in [2.75, 3.05) is 13.1 Å². The van der Waals surface area contributed by atoms with Crippen molar-refractivity contribution in [3.8, 4) is 0 Å². The Labute approximate surface area is 169 Å². The van der Waals surface area contributed by atoms with Crippen molar-refractivity contribution < 1.29 is 17.6 Å². The molecule has 0 spiro atoms. The molecule has 1 saturated heterocycles. The number of hydrogen-bond acceptors (Lipinski definition) is 3. The summed E-state index contributed by atoms with van der Waals surface area (Å²) in [4.78, 5) is 12.2. The Balaban J connectivity index is 1.85. The van der Waals surface area contributed by atoms with Gasteiger partial charge in [0.2, 0.25) is 10.0 Å². The summed E-state index contributed by atoms with van der Waals surface area (Å²) in [6.45, 7) is 2.66. The first kappa shape index (κ1) is 20.8. The lowest BCUT2D eigenvalue weighted by molar-refractivity contribution is 0.0935. The van der Waals surface area contributed by atoms with Crippen LogP contribution in [0.15, 0.2) is 47.4 Å². The van der Waals surface area contributed by atoms with Crippen molar-refractivity contribution in [2.45, 2.75) is 37.1 Å². The largest absolute Gasteiger partial charge is 0.345 e. The lowest BCUT2D eigenvalue weighted by Crippen LogP contribution is -2.30. The van der Waals surface area contributed by atoms with E-state index in [4.69, 9.17) is 11.6 Å². The average molecular weight is 425 g/mol. The van der Waals surface area contributed by atoms with E-state index >= 15 is 0 Å². The van der Waals surface area contributed by atoms with Gasteiger partial charge < -0.3 is 5.32 Å². The fraction of sp³-hybridized carbons (Fsp3) is 0.350. The van der Waals surface area contributed by atoms with Gasteiger partial charge in [0.25, 0.3) is 5.91 Å². The number of benzene rings is 2. The molecule has 28 heavy (non-hydrogen) atoms. The molecule has 1 aliphatic heterocycles. The van der Waals surface area contributed by atoms with E-state index in [2.05, 4.69) is 5.32 Å². The second-order valence-corrected chi connectivity index (χ2v) is 9.09. The highest BCUT2D eigenvalue weighted by atomic mass is 35.5. The quantitative estimate of drug-likeness (QED) is 0.757. The molecule has 1 fully saturated rings. The van der Waals surface area contributed by atoms with E-state index in [1.165, 1.54) is 10.4 Å². The van der Waals surface area contributed by atoms with Crippen LogP contribution in [0.1, 0.15) is 48.1 Å². The molecular formula is C20H22ClFN2O3S. The zero-order valence-electron chi connectivity index (χ0n) is 15.5. The predicted octanol–water partition coefficient (Wildman–Crippen LogP) is 4.14. The van der Waals surface area contributed by atoms with E-state index in [0.29, 0.717) is 24.5 Å². The molecule has 0 saturated carbocycles. The molecule has 0 radical (unpaired) electrons. The molecule has 1 amide bonds. The molecule has 0 bridgehead atoms. The number of halogens is 2. The van der Waals surface area contributed by atoms with Crippen molar-refractivity contribution >= 4 is 27.5 Å². The third kappa shape index (κ3) is 4.37. The maximum absolute atomic E-state index is 14.3. The Bertz CT molecular complexity index is 958. The summed E-state index contributed by atoms with van der Waals surface area (Å²) in [7, 11) is -3.95. The van der Waals surface area contributed by atoms with Gasteiger partial charge in [-0.05, 0) is 55.2 Å². The first-order valence-electron chi connectivity index (χ1n) is 9.19. The van der Waals surface area contributed by atoms with Crippen molar-refractivity contribution in [2.24, 2.45) is 0 Å². The minimum Gasteiger partial charge on any atom is -0.345 e. The second kappa shape index (κ2) is 8.59. The number of rotatable bonds is 6. The Morgan fingerprint density at radius 1 is 1.18 bits per heavy atom. The molecule has 1 aliphatic rings. The third-order valence-electron chi connectivity index (χ3n) is 4.86. The van der Waals surface area contributed by atoms with Gasteiger partial charge in [0, 0.05) is 23.7 Å². The smallest absolute Gasteiger partial charge is 0.251 e. The molecule has 3 rings (SSSR count). The first-order valence-corrected chi connectivity index (χ1v) is 11.0. The van der Waals surface area contributed by atoms with Crippen LogP contribution in [0.3, 0.4) is 0 Å². The summed E-state index contributed by atoms with van der Waals surface area (Å²) in [5, 5.41) is 3.47. The normalized spacial score (nSPS) is 16.1. The molecule has 2 aromatic rings. The predicted molar refractivity (Wildman–Crippen MR) is 106 cm³/mol. The number of hydrogen-bond donors (Lipinski definition) is 1. The van der Waals surface area contributed by atoms with E-state index in [1.54, 1.807) is 12.1 Å². The van der Waals surface area contributed by atoms with Gasteiger partial charge in [-0.25, -0.2) is 12.8 Å². The van der Waals surface area contributed by atoms with E-state index in [9.17, 15) is 17.6 Å². The molecule has 0 aromatic heterocycles. The second-order valence-electron chi connectivity index (χ2n) is 6.74. The van der Waals surface area contributed by atoms with Gasteiger partial charge in [-0.15, -0.1) is 0 Å². The number of sulfonamides is 1. The van der Waals surface area contributed by atoms with Crippen LogP contribution in [-0.2, 0) is 10.0 Å². The summed E-state index contributed by atoms with van der Waals surface area (Å²) < 4.78 is 40.9. The molecule has 2 aromatic carbocycles. The third-order valence-corrected chi connectivity index (χ3v) is 7.03. The van der Waals surface area contributed by atoms with E-state index < -0.39 is 26.6 Å². The van der Waals surface area contributed by atoms with Crippen LogP contribution in [-0.4, -0.2) is 31.7 Å². The molecule has 1 heterocycles. The van der Waals surface area contributed by atoms with Gasteiger partial charge in [-0.2, -0.15) is 4.31 Å². The Kier molecular flexibility index (Phi) is 6.37. The topological polar surface area (TPSA) is 66.5 Å². The number of carbonyl (C=O) groups is 1. The molecule has 1 atom stereocenters. The standard InChI is InChI=1S/C20H22ClFN2O3S/c1-2-18(14-5-8-16(21)9-6-14)23-20(25)15-7-10-17(22)19(13-15)28(26,27)24-11-3-4-12-24/h5-10,13,18H,2-4,11-12H2,1H3,(H,23,25). The number of amides is 1. The van der Waals surface area contributed by atoms with Gasteiger partial charge in [-0.3, -0.25) is 4.79 Å². The summed E-state index contributed by atoms with van der Waals surface area (Å²) >= 11 is 5.91. The van der Waals surface area contributed by atoms with Crippen LogP contribution in [0.2, 0.25) is 5.02 Å². The molecule has 5 nitrogen and oxygen atoms in total. The number of nitrogens with zero attached hydrogens (tertiary/aromatic N) is 1. The van der Waals surface area contributed by atoms with Crippen molar-refractivity contribution in [1.29, 1.82) is 0 Å². The number of nitrogens with one attached hydrogen (secondary N) is 1. The molecule has 8 heteroatoms. The van der Waals surface area contributed by atoms with Crippen molar-refractivity contribution in [3.05, 3.63) is 64.4 Å². The maximum atomic E-state index is 14.3. The minimum absolute atomic E-state index is 0.103. The van der Waals surface area contributed by atoms with Crippen LogP contribution in [0.5, 0.6) is 0 Å². The fourth-order valence-electron chi connectivity index (χ4n) is 3.27. The van der Waals surface area contributed by atoms with Crippen molar-refractivity contribution in [3.63, 3.8) is 0 Å². The lowest BCUT2D eigenvalue weighted by Gasteiger charge is -2.19. The van der Waals surface area contributed by atoms with E-state index in [0.717, 1.165) is 30.5 Å². The van der Waals surface area contributed by atoms with Gasteiger partial charge in [0.15, 0.2) is 0 Å². The summed E-state index contributed by atoms with van der Waals surface area (Å²) in [6.07, 6.45) is 2.13. The van der Waals surface area contributed by atoms with E-state index in [1.807, 2.05) is 19.1 Å². The van der Waals surface area contributed by atoms with Gasteiger partial charge in [0.05, 0.1) is 6.04 Å². The summed E-state index contributed by atoms with van der Waals surface area (Å²) in [6, 6.07) is 10.3. The minimum atomic E-state index is -3.95. The molecule has 0 aliphatic carbocycles. The van der Waals surface area contributed by atoms with Gasteiger partial charge in [0.1, 0.15) is 10.7 Å². The maximum Gasteiger partial charge on any atom is 0.251 e. The summed E-state index contributed by atoms with van der Waals surface area (Å²) in [5.41, 5.74) is 0.985. The summed E-state index contributed by atoms with van der Waals surface area (Å²) in [5.74, 6) is -1.31.